The number of amides is 1. The van der Waals surface area contributed by atoms with E-state index in [1.807, 2.05) is 19.1 Å². The Hall–Kier alpha value is -2.30. The molecular weight excluding hydrogens is 340 g/mol. The predicted molar refractivity (Wildman–Crippen MR) is 104 cm³/mol. The van der Waals surface area contributed by atoms with Crippen LogP contribution in [0.25, 0.3) is 10.9 Å². The Morgan fingerprint density at radius 2 is 1.74 bits per heavy atom. The highest BCUT2D eigenvalue weighted by atomic mass is 16.3. The number of nitrogens with zero attached hydrogens (tertiary/aromatic N) is 1. The first-order valence-corrected chi connectivity index (χ1v) is 10.2. The molecule has 4 aliphatic rings. The first-order chi connectivity index (χ1) is 13.0. The monoisotopic (exact) mass is 366 g/mol. The third kappa shape index (κ3) is 2.51. The fourth-order valence-corrected chi connectivity index (χ4v) is 6.48. The summed E-state index contributed by atoms with van der Waals surface area (Å²) in [6.07, 6.45) is 6.92. The largest absolute Gasteiger partial charge is 0.506 e. The van der Waals surface area contributed by atoms with Gasteiger partial charge < -0.3 is 15.0 Å². The van der Waals surface area contributed by atoms with Crippen LogP contribution in [0, 0.1) is 17.8 Å². The van der Waals surface area contributed by atoms with Crippen molar-refractivity contribution in [2.75, 3.05) is 0 Å². The second-order valence-corrected chi connectivity index (χ2v) is 8.94. The van der Waals surface area contributed by atoms with Gasteiger partial charge in [-0.3, -0.25) is 9.59 Å². The number of pyridine rings is 1. The van der Waals surface area contributed by atoms with Crippen molar-refractivity contribution in [2.24, 2.45) is 17.8 Å². The van der Waals surface area contributed by atoms with E-state index in [0.717, 1.165) is 19.3 Å². The summed E-state index contributed by atoms with van der Waals surface area (Å²) >= 11 is 0. The van der Waals surface area contributed by atoms with Crippen LogP contribution in [0.2, 0.25) is 0 Å². The average molecular weight is 366 g/mol. The fraction of sp³-hybridized carbons (Fsp3) is 0.545. The second-order valence-electron chi connectivity index (χ2n) is 8.94. The van der Waals surface area contributed by atoms with Crippen LogP contribution in [0.15, 0.2) is 29.1 Å². The Labute approximate surface area is 158 Å². The van der Waals surface area contributed by atoms with Crippen LogP contribution in [0.4, 0.5) is 0 Å². The van der Waals surface area contributed by atoms with E-state index < -0.39 is 11.5 Å². The minimum Gasteiger partial charge on any atom is -0.506 e. The topological polar surface area (TPSA) is 71.3 Å². The lowest BCUT2D eigenvalue weighted by molar-refractivity contribution is -0.0167. The summed E-state index contributed by atoms with van der Waals surface area (Å²) in [5, 5.41) is 14.5. The number of hydrogen-bond acceptors (Lipinski definition) is 3. The van der Waals surface area contributed by atoms with Crippen molar-refractivity contribution in [1.29, 1.82) is 0 Å². The maximum absolute atomic E-state index is 13.2. The van der Waals surface area contributed by atoms with Crippen LogP contribution in [0.1, 0.15) is 55.8 Å². The Morgan fingerprint density at radius 1 is 1.15 bits per heavy atom. The number of aromatic hydroxyl groups is 1. The maximum Gasteiger partial charge on any atom is 0.267 e. The van der Waals surface area contributed by atoms with Gasteiger partial charge in [-0.25, -0.2) is 0 Å². The highest BCUT2D eigenvalue weighted by molar-refractivity contribution is 6.02. The molecule has 4 fully saturated rings. The molecule has 4 bridgehead atoms. The molecule has 2 aromatic rings. The van der Waals surface area contributed by atoms with Gasteiger partial charge in [-0.2, -0.15) is 0 Å². The van der Waals surface area contributed by atoms with Gasteiger partial charge >= 0.3 is 0 Å². The molecule has 142 valence electrons. The number of rotatable bonds is 3. The van der Waals surface area contributed by atoms with Gasteiger partial charge in [0.05, 0.1) is 5.52 Å². The molecule has 2 N–H and O–H groups in total. The van der Waals surface area contributed by atoms with E-state index in [1.54, 1.807) is 16.7 Å². The van der Waals surface area contributed by atoms with Crippen LogP contribution in [-0.4, -0.2) is 21.1 Å². The molecule has 0 unspecified atom stereocenters. The summed E-state index contributed by atoms with van der Waals surface area (Å²) < 4.78 is 1.57. The fourth-order valence-electron chi connectivity index (χ4n) is 6.48. The van der Waals surface area contributed by atoms with Gasteiger partial charge in [0.1, 0.15) is 11.3 Å². The number of aryl methyl sites for hydroxylation is 1. The van der Waals surface area contributed by atoms with E-state index in [4.69, 9.17) is 0 Å². The Morgan fingerprint density at radius 3 is 2.33 bits per heavy atom. The predicted octanol–water partition coefficient (Wildman–Crippen LogP) is 3.43. The maximum atomic E-state index is 13.2. The van der Waals surface area contributed by atoms with Gasteiger partial charge in [0.25, 0.3) is 11.5 Å². The molecule has 4 saturated carbocycles. The molecule has 1 aromatic carbocycles. The molecule has 0 saturated heterocycles. The van der Waals surface area contributed by atoms with E-state index >= 15 is 0 Å². The molecule has 5 heteroatoms. The second kappa shape index (κ2) is 5.85. The number of hydrogen-bond donors (Lipinski definition) is 2. The first kappa shape index (κ1) is 16.8. The van der Waals surface area contributed by atoms with Crippen LogP contribution in [-0.2, 0) is 6.54 Å². The van der Waals surface area contributed by atoms with Crippen molar-refractivity contribution in [3.05, 3.63) is 40.2 Å². The molecule has 27 heavy (non-hydrogen) atoms. The van der Waals surface area contributed by atoms with Gasteiger partial charge in [0.2, 0.25) is 0 Å². The third-order valence-corrected chi connectivity index (χ3v) is 7.11. The van der Waals surface area contributed by atoms with Gasteiger partial charge in [-0.05, 0) is 75.3 Å². The average Bonchev–Trinajstić information content (AvgIpc) is 2.60. The molecule has 0 spiro atoms. The Balaban J connectivity index is 1.56. The standard InChI is InChI=1S/C22H26N2O3/c1-2-24-17-6-4-3-5-16(17)19(25)18(21(24)27)20(26)23-22-10-13-7-14(11-22)9-15(8-13)12-22/h3-6,13-15,25H,2,7-12H2,1H3,(H,23,26). The normalized spacial score (nSPS) is 31.4. The number of benzene rings is 1. The summed E-state index contributed by atoms with van der Waals surface area (Å²) in [5.74, 6) is 1.51. The van der Waals surface area contributed by atoms with Crippen molar-refractivity contribution in [3.63, 3.8) is 0 Å². The quantitative estimate of drug-likeness (QED) is 0.874. The van der Waals surface area contributed by atoms with E-state index in [-0.39, 0.29) is 16.9 Å². The molecule has 1 heterocycles. The molecule has 0 atom stereocenters. The lowest BCUT2D eigenvalue weighted by Gasteiger charge is -2.56. The van der Waals surface area contributed by atoms with Crippen molar-refractivity contribution in [2.45, 2.75) is 57.5 Å². The molecule has 6 rings (SSSR count). The van der Waals surface area contributed by atoms with Crippen LogP contribution < -0.4 is 10.9 Å². The van der Waals surface area contributed by atoms with Crippen LogP contribution in [0.3, 0.4) is 0 Å². The molecule has 1 amide bonds. The molecular formula is C22H26N2O3. The smallest absolute Gasteiger partial charge is 0.267 e. The minimum absolute atomic E-state index is 0.105. The lowest BCUT2D eigenvalue weighted by atomic mass is 9.53. The van der Waals surface area contributed by atoms with Gasteiger partial charge in [-0.15, -0.1) is 0 Å². The van der Waals surface area contributed by atoms with Crippen molar-refractivity contribution in [3.8, 4) is 5.75 Å². The van der Waals surface area contributed by atoms with Crippen molar-refractivity contribution >= 4 is 16.8 Å². The number of carbonyl (C=O) groups is 1. The minimum atomic E-state index is -0.410. The lowest BCUT2D eigenvalue weighted by Crippen LogP contribution is -2.60. The molecule has 0 radical (unpaired) electrons. The summed E-state index contributed by atoms with van der Waals surface area (Å²) in [6.45, 7) is 2.34. The van der Waals surface area contributed by atoms with Gasteiger partial charge in [0, 0.05) is 17.5 Å². The number of nitrogens with one attached hydrogen (secondary N) is 1. The molecule has 1 aromatic heterocycles. The van der Waals surface area contributed by atoms with Crippen molar-refractivity contribution < 1.29 is 9.90 Å². The molecule has 5 nitrogen and oxygen atoms in total. The van der Waals surface area contributed by atoms with E-state index in [9.17, 15) is 14.7 Å². The summed E-state index contributed by atoms with van der Waals surface area (Å²) in [4.78, 5) is 26.2. The molecule has 4 aliphatic carbocycles. The molecule has 0 aliphatic heterocycles. The SMILES string of the molecule is CCn1c(=O)c(C(=O)NC23CC4CC(CC(C4)C2)C3)c(O)c2ccccc21. The first-order valence-electron chi connectivity index (χ1n) is 10.2. The Kier molecular flexibility index (Phi) is 3.65. The van der Waals surface area contributed by atoms with E-state index in [1.165, 1.54) is 19.3 Å². The van der Waals surface area contributed by atoms with Crippen molar-refractivity contribution in [1.82, 2.24) is 9.88 Å². The Bertz CT molecular complexity index is 956. The zero-order chi connectivity index (χ0) is 18.8. The zero-order valence-corrected chi connectivity index (χ0v) is 15.7. The van der Waals surface area contributed by atoms with Gasteiger partial charge in [0.15, 0.2) is 0 Å². The number of aromatic nitrogens is 1. The third-order valence-electron chi connectivity index (χ3n) is 7.11. The van der Waals surface area contributed by atoms with Crippen LogP contribution in [0.5, 0.6) is 5.75 Å². The number of fused-ring (bicyclic) bond motifs is 1. The number of para-hydroxylation sites is 1. The zero-order valence-electron chi connectivity index (χ0n) is 15.7. The van der Waals surface area contributed by atoms with Gasteiger partial charge in [-0.1, -0.05) is 12.1 Å². The summed E-state index contributed by atoms with van der Waals surface area (Å²) in [6, 6.07) is 7.22. The highest BCUT2D eigenvalue weighted by Crippen LogP contribution is 2.55. The van der Waals surface area contributed by atoms with E-state index in [2.05, 4.69) is 5.32 Å². The summed E-state index contributed by atoms with van der Waals surface area (Å²) in [5.41, 5.74) is -0.0380. The van der Waals surface area contributed by atoms with Crippen LogP contribution >= 0.6 is 0 Å². The highest BCUT2D eigenvalue weighted by Gasteiger charge is 2.51. The van der Waals surface area contributed by atoms with E-state index in [0.29, 0.717) is 35.2 Å². The summed E-state index contributed by atoms with van der Waals surface area (Å²) in [7, 11) is 0. The number of carbonyl (C=O) groups excluding carboxylic acids is 1.